The van der Waals surface area contributed by atoms with Crippen LogP contribution in [-0.4, -0.2) is 19.1 Å². The molecule has 0 saturated carbocycles. The maximum absolute atomic E-state index is 11.1. The van der Waals surface area contributed by atoms with E-state index in [1.54, 1.807) is 18.2 Å². The van der Waals surface area contributed by atoms with Gasteiger partial charge in [-0.25, -0.2) is 0 Å². The lowest BCUT2D eigenvalue weighted by molar-refractivity contribution is -0.142. The van der Waals surface area contributed by atoms with Gasteiger partial charge in [-0.1, -0.05) is 35.3 Å². The van der Waals surface area contributed by atoms with Crippen molar-refractivity contribution in [3.05, 3.63) is 33.8 Å². The smallest absolute Gasteiger partial charge is 0.322 e. The summed E-state index contributed by atoms with van der Waals surface area (Å²) in [7, 11) is 1.29. The molecule has 1 unspecified atom stereocenters. The van der Waals surface area contributed by atoms with Gasteiger partial charge in [0, 0.05) is 0 Å². The molecule has 1 rings (SSSR count). The molecule has 0 aliphatic heterocycles. The summed E-state index contributed by atoms with van der Waals surface area (Å²) in [5, 5.41) is 0.879. The third-order valence-corrected chi connectivity index (χ3v) is 2.83. The van der Waals surface area contributed by atoms with E-state index in [1.165, 1.54) is 7.11 Å². The van der Waals surface area contributed by atoms with Gasteiger partial charge >= 0.3 is 5.97 Å². The summed E-state index contributed by atoms with van der Waals surface area (Å²) in [5.41, 5.74) is 6.34. The number of ether oxygens (including phenoxy) is 1. The fourth-order valence-electron chi connectivity index (χ4n) is 1.18. The Hall–Kier alpha value is -0.770. The minimum Gasteiger partial charge on any atom is -0.468 e. The Kier molecular flexibility index (Phi) is 4.39. The Balaban J connectivity index is 2.81. The maximum Gasteiger partial charge on any atom is 0.322 e. The SMILES string of the molecule is COC(=O)C(N)Cc1cccc(Cl)c1Cl. The number of carbonyl (C=O) groups is 1. The van der Waals surface area contributed by atoms with Gasteiger partial charge < -0.3 is 10.5 Å². The highest BCUT2D eigenvalue weighted by Gasteiger charge is 2.16. The molecule has 0 spiro atoms. The lowest BCUT2D eigenvalue weighted by Crippen LogP contribution is -2.33. The molecule has 1 atom stereocenters. The van der Waals surface area contributed by atoms with E-state index < -0.39 is 12.0 Å². The van der Waals surface area contributed by atoms with Crippen LogP contribution in [0.25, 0.3) is 0 Å². The van der Waals surface area contributed by atoms with E-state index in [2.05, 4.69) is 4.74 Å². The summed E-state index contributed by atoms with van der Waals surface area (Å²) in [6, 6.07) is 4.49. The maximum atomic E-state index is 11.1. The second kappa shape index (κ2) is 5.35. The molecule has 0 aliphatic carbocycles. The van der Waals surface area contributed by atoms with Gasteiger partial charge in [-0.3, -0.25) is 4.79 Å². The van der Waals surface area contributed by atoms with E-state index in [9.17, 15) is 4.79 Å². The normalized spacial score (nSPS) is 12.3. The predicted molar refractivity (Wildman–Crippen MR) is 60.2 cm³/mol. The third-order valence-electron chi connectivity index (χ3n) is 1.98. The molecule has 1 aromatic rings. The van der Waals surface area contributed by atoms with Crippen LogP contribution in [0.2, 0.25) is 10.0 Å². The number of benzene rings is 1. The van der Waals surface area contributed by atoms with Gasteiger partial charge in [-0.2, -0.15) is 0 Å². The van der Waals surface area contributed by atoms with Gasteiger partial charge in [0.2, 0.25) is 0 Å². The highest BCUT2D eigenvalue weighted by Crippen LogP contribution is 2.26. The zero-order valence-corrected chi connectivity index (χ0v) is 9.68. The topological polar surface area (TPSA) is 52.3 Å². The van der Waals surface area contributed by atoms with Gasteiger partial charge in [0.25, 0.3) is 0 Å². The van der Waals surface area contributed by atoms with Crippen molar-refractivity contribution in [1.82, 2.24) is 0 Å². The molecule has 1 aromatic carbocycles. The van der Waals surface area contributed by atoms with E-state index in [-0.39, 0.29) is 0 Å². The number of hydrogen-bond acceptors (Lipinski definition) is 3. The summed E-state index contributed by atoms with van der Waals surface area (Å²) in [5.74, 6) is -0.467. The molecule has 0 aliphatic rings. The molecule has 0 aromatic heterocycles. The van der Waals surface area contributed by atoms with Crippen molar-refractivity contribution in [2.75, 3.05) is 7.11 Å². The first-order chi connectivity index (χ1) is 7.06. The first kappa shape index (κ1) is 12.3. The number of halogens is 2. The summed E-state index contributed by atoms with van der Waals surface area (Å²) in [6.45, 7) is 0. The molecule has 0 heterocycles. The largest absolute Gasteiger partial charge is 0.468 e. The average Bonchev–Trinajstić information content (AvgIpc) is 2.23. The molecular formula is C10H11Cl2NO2. The van der Waals surface area contributed by atoms with Crippen molar-refractivity contribution in [3.63, 3.8) is 0 Å². The minimum absolute atomic E-state index is 0.312. The van der Waals surface area contributed by atoms with Crippen LogP contribution in [0.5, 0.6) is 0 Å². The second-order valence-corrected chi connectivity index (χ2v) is 3.83. The summed E-state index contributed by atoms with van der Waals surface area (Å²) in [6.07, 6.45) is 0.312. The van der Waals surface area contributed by atoms with Crippen LogP contribution in [0.4, 0.5) is 0 Å². The quantitative estimate of drug-likeness (QED) is 0.832. The van der Waals surface area contributed by atoms with Crippen molar-refractivity contribution >= 4 is 29.2 Å². The van der Waals surface area contributed by atoms with E-state index in [4.69, 9.17) is 28.9 Å². The lowest BCUT2D eigenvalue weighted by atomic mass is 10.1. The van der Waals surface area contributed by atoms with Crippen molar-refractivity contribution in [2.24, 2.45) is 5.73 Å². The van der Waals surface area contributed by atoms with Gasteiger partial charge in [0.1, 0.15) is 6.04 Å². The predicted octanol–water partition coefficient (Wildman–Crippen LogP) is 2.04. The molecule has 82 valence electrons. The Morgan fingerprint density at radius 2 is 2.20 bits per heavy atom. The van der Waals surface area contributed by atoms with Gasteiger partial charge in [0.05, 0.1) is 17.2 Å². The van der Waals surface area contributed by atoms with E-state index in [1.807, 2.05) is 0 Å². The number of methoxy groups -OCH3 is 1. The molecular weight excluding hydrogens is 237 g/mol. The lowest BCUT2D eigenvalue weighted by Gasteiger charge is -2.10. The molecule has 0 radical (unpaired) electrons. The van der Waals surface area contributed by atoms with Gasteiger partial charge in [-0.05, 0) is 18.1 Å². The van der Waals surface area contributed by atoms with Crippen LogP contribution < -0.4 is 5.73 Å². The summed E-state index contributed by atoms with van der Waals surface area (Å²) < 4.78 is 4.51. The van der Waals surface area contributed by atoms with Crippen molar-refractivity contribution in [1.29, 1.82) is 0 Å². The molecule has 5 heteroatoms. The standard InChI is InChI=1S/C10H11Cl2NO2/c1-15-10(14)8(13)5-6-3-2-4-7(11)9(6)12/h2-4,8H,5,13H2,1H3. The fourth-order valence-corrected chi connectivity index (χ4v) is 1.57. The Morgan fingerprint density at radius 3 is 2.80 bits per heavy atom. The van der Waals surface area contributed by atoms with Crippen LogP contribution in [0.15, 0.2) is 18.2 Å². The molecule has 15 heavy (non-hydrogen) atoms. The molecule has 0 amide bonds. The molecule has 3 nitrogen and oxygen atoms in total. The molecule has 2 N–H and O–H groups in total. The second-order valence-electron chi connectivity index (χ2n) is 3.05. The zero-order chi connectivity index (χ0) is 11.4. The molecule has 0 fully saturated rings. The van der Waals surface area contributed by atoms with Crippen molar-refractivity contribution in [3.8, 4) is 0 Å². The number of rotatable bonds is 3. The monoisotopic (exact) mass is 247 g/mol. The van der Waals surface area contributed by atoms with Crippen molar-refractivity contribution in [2.45, 2.75) is 12.5 Å². The van der Waals surface area contributed by atoms with Gasteiger partial charge in [-0.15, -0.1) is 0 Å². The van der Waals surface area contributed by atoms with E-state index in [0.717, 1.165) is 5.56 Å². The number of nitrogens with two attached hydrogens (primary N) is 1. The summed E-state index contributed by atoms with van der Waals surface area (Å²) in [4.78, 5) is 11.1. The number of hydrogen-bond donors (Lipinski definition) is 1. The first-order valence-electron chi connectivity index (χ1n) is 4.32. The zero-order valence-electron chi connectivity index (χ0n) is 8.17. The Labute approximate surface area is 98.1 Å². The highest BCUT2D eigenvalue weighted by atomic mass is 35.5. The average molecular weight is 248 g/mol. The van der Waals surface area contributed by atoms with E-state index >= 15 is 0 Å². The number of esters is 1. The Bertz CT molecular complexity index is 368. The van der Waals surface area contributed by atoms with E-state index in [0.29, 0.717) is 16.5 Å². The van der Waals surface area contributed by atoms with Crippen molar-refractivity contribution < 1.29 is 9.53 Å². The molecule has 0 saturated heterocycles. The van der Waals surface area contributed by atoms with Crippen LogP contribution >= 0.6 is 23.2 Å². The minimum atomic E-state index is -0.717. The summed E-state index contributed by atoms with van der Waals surface area (Å²) >= 11 is 11.8. The first-order valence-corrected chi connectivity index (χ1v) is 5.08. The molecule has 0 bridgehead atoms. The van der Waals surface area contributed by atoms with Gasteiger partial charge in [0.15, 0.2) is 0 Å². The van der Waals surface area contributed by atoms with Crippen LogP contribution in [-0.2, 0) is 16.0 Å². The fraction of sp³-hybridized carbons (Fsp3) is 0.300. The van der Waals surface area contributed by atoms with Crippen LogP contribution in [0, 0.1) is 0 Å². The number of carbonyl (C=O) groups excluding carboxylic acids is 1. The highest BCUT2D eigenvalue weighted by molar-refractivity contribution is 6.42. The third kappa shape index (κ3) is 3.09. The van der Waals surface area contributed by atoms with Crippen LogP contribution in [0.3, 0.4) is 0 Å². The van der Waals surface area contributed by atoms with Crippen LogP contribution in [0.1, 0.15) is 5.56 Å². The Morgan fingerprint density at radius 1 is 1.53 bits per heavy atom.